The van der Waals surface area contributed by atoms with Crippen LogP contribution >= 0.6 is 11.3 Å². The lowest BCUT2D eigenvalue weighted by Gasteiger charge is -2.31. The van der Waals surface area contributed by atoms with E-state index in [9.17, 15) is 26.4 Å². The Morgan fingerprint density at radius 3 is 2.39 bits per heavy atom. The third-order valence-corrected chi connectivity index (χ3v) is 9.79. The van der Waals surface area contributed by atoms with Crippen LogP contribution in [0.5, 0.6) is 0 Å². The maximum absolute atomic E-state index is 12.3. The SMILES string of the molecule is CCCCNCc1cc(-c2cc(C(N)=O)c3[nH]cc(C4CCN(S(=O)(=O)CC)CC4)c3c2)cs1.O=C(O)C(F)(F)F. The second-order valence-corrected chi connectivity index (χ2v) is 13.0. The number of carboxylic acids is 1. The number of amides is 1. The Morgan fingerprint density at radius 2 is 1.83 bits per heavy atom. The zero-order chi connectivity index (χ0) is 30.4. The molecule has 226 valence electrons. The van der Waals surface area contributed by atoms with Crippen molar-refractivity contribution < 1.29 is 36.3 Å². The van der Waals surface area contributed by atoms with Gasteiger partial charge < -0.3 is 21.1 Å². The van der Waals surface area contributed by atoms with Crippen molar-refractivity contribution in [2.24, 2.45) is 5.73 Å². The van der Waals surface area contributed by atoms with E-state index < -0.39 is 28.1 Å². The van der Waals surface area contributed by atoms with E-state index in [-0.39, 0.29) is 11.7 Å². The minimum absolute atomic E-state index is 0.132. The summed E-state index contributed by atoms with van der Waals surface area (Å²) in [4.78, 5) is 25.7. The summed E-state index contributed by atoms with van der Waals surface area (Å²) in [5.41, 5.74) is 10.2. The first-order chi connectivity index (χ1) is 19.3. The van der Waals surface area contributed by atoms with Crippen LogP contribution in [0.1, 0.15) is 66.2 Å². The summed E-state index contributed by atoms with van der Waals surface area (Å²) >= 11 is 1.71. The molecule has 41 heavy (non-hydrogen) atoms. The molecule has 0 unspecified atom stereocenters. The van der Waals surface area contributed by atoms with E-state index >= 15 is 0 Å². The zero-order valence-corrected chi connectivity index (χ0v) is 24.5. The third-order valence-electron chi connectivity index (χ3n) is 6.97. The van der Waals surface area contributed by atoms with Crippen LogP contribution in [0, 0.1) is 0 Å². The number of carbonyl (C=O) groups is 2. The van der Waals surface area contributed by atoms with Gasteiger partial charge >= 0.3 is 12.1 Å². The van der Waals surface area contributed by atoms with Crippen molar-refractivity contribution >= 4 is 44.1 Å². The standard InChI is InChI=1S/C25H34N4O3S2.C2HF3O2/c1-3-5-8-27-14-20-11-19(16-33-20)18-12-21-23(15-28-24(21)22(13-18)25(26)30)17-6-9-29(10-7-17)34(31,32)4-2;3-2(4,5)1(6)7/h11-13,15-17,27-28H,3-10,14H2,1-2H3,(H2,26,30);(H,6,7). The molecule has 1 aliphatic rings. The van der Waals surface area contributed by atoms with Crippen LogP contribution in [0.25, 0.3) is 22.0 Å². The number of hydrogen-bond acceptors (Lipinski definition) is 6. The maximum atomic E-state index is 12.3. The summed E-state index contributed by atoms with van der Waals surface area (Å²) in [5, 5.41) is 13.7. The molecule has 3 heterocycles. The molecule has 1 aliphatic heterocycles. The number of carbonyl (C=O) groups excluding carboxylic acids is 1. The molecule has 0 saturated carbocycles. The lowest BCUT2D eigenvalue weighted by molar-refractivity contribution is -0.192. The predicted octanol–water partition coefficient (Wildman–Crippen LogP) is 5.05. The van der Waals surface area contributed by atoms with Gasteiger partial charge in [-0.2, -0.15) is 13.2 Å². The van der Waals surface area contributed by atoms with Gasteiger partial charge in [0, 0.05) is 36.1 Å². The molecule has 0 spiro atoms. The van der Waals surface area contributed by atoms with E-state index in [1.54, 1.807) is 22.6 Å². The number of primary amides is 1. The fourth-order valence-corrected chi connectivity index (χ4v) is 6.71. The number of aliphatic carboxylic acids is 1. The fourth-order valence-electron chi connectivity index (χ4n) is 4.72. The van der Waals surface area contributed by atoms with Gasteiger partial charge in [-0.25, -0.2) is 17.5 Å². The Labute approximate surface area is 241 Å². The highest BCUT2D eigenvalue weighted by Gasteiger charge is 2.38. The monoisotopic (exact) mass is 616 g/mol. The van der Waals surface area contributed by atoms with Crippen LogP contribution in [0.2, 0.25) is 0 Å². The number of nitrogens with two attached hydrogens (primary N) is 1. The Bertz CT molecular complexity index is 1460. The first-order valence-electron chi connectivity index (χ1n) is 13.3. The fraction of sp³-hybridized carbons (Fsp3) is 0.481. The quantitative estimate of drug-likeness (QED) is 0.235. The second-order valence-electron chi connectivity index (χ2n) is 9.76. The Hall–Kier alpha value is -2.94. The maximum Gasteiger partial charge on any atom is 0.490 e. The first-order valence-corrected chi connectivity index (χ1v) is 15.8. The van der Waals surface area contributed by atoms with Crippen LogP contribution < -0.4 is 11.1 Å². The van der Waals surface area contributed by atoms with E-state index in [2.05, 4.69) is 34.7 Å². The summed E-state index contributed by atoms with van der Waals surface area (Å²) in [6.07, 6.45) is 0.733. The molecule has 1 fully saturated rings. The van der Waals surface area contributed by atoms with Gasteiger partial charge in [-0.05, 0) is 78.9 Å². The molecule has 0 bridgehead atoms. The van der Waals surface area contributed by atoms with E-state index in [0.717, 1.165) is 59.9 Å². The highest BCUT2D eigenvalue weighted by Crippen LogP contribution is 2.38. The molecule has 3 aromatic rings. The Balaban J connectivity index is 0.000000587. The van der Waals surface area contributed by atoms with Crippen molar-refractivity contribution in [1.82, 2.24) is 14.6 Å². The summed E-state index contributed by atoms with van der Waals surface area (Å²) in [6, 6.07) is 6.19. The molecule has 9 nitrogen and oxygen atoms in total. The van der Waals surface area contributed by atoms with Gasteiger partial charge in [0.2, 0.25) is 10.0 Å². The number of benzene rings is 1. The molecule has 14 heteroatoms. The van der Waals surface area contributed by atoms with Crippen molar-refractivity contribution in [3.8, 4) is 11.1 Å². The summed E-state index contributed by atoms with van der Waals surface area (Å²) in [6.45, 7) is 6.76. The van der Waals surface area contributed by atoms with Crippen LogP contribution in [0.4, 0.5) is 13.2 Å². The van der Waals surface area contributed by atoms with E-state index in [1.165, 1.54) is 11.3 Å². The number of aromatic nitrogens is 1. The number of hydrogen-bond donors (Lipinski definition) is 4. The molecule has 2 aromatic heterocycles. The molecule has 0 atom stereocenters. The average molecular weight is 617 g/mol. The van der Waals surface area contributed by atoms with Gasteiger partial charge in [-0.1, -0.05) is 13.3 Å². The molecule has 4 rings (SSSR count). The van der Waals surface area contributed by atoms with Gasteiger partial charge in [0.25, 0.3) is 5.91 Å². The number of nitrogens with one attached hydrogen (secondary N) is 2. The van der Waals surface area contributed by atoms with Gasteiger partial charge in [0.1, 0.15) is 0 Å². The van der Waals surface area contributed by atoms with Crippen molar-refractivity contribution in [3.05, 3.63) is 45.8 Å². The lowest BCUT2D eigenvalue weighted by Crippen LogP contribution is -2.38. The van der Waals surface area contributed by atoms with Crippen LogP contribution in [0.15, 0.2) is 29.8 Å². The number of aromatic amines is 1. The number of alkyl halides is 3. The first kappa shape index (κ1) is 32.6. The molecule has 1 amide bonds. The molecular formula is C27H35F3N4O5S2. The van der Waals surface area contributed by atoms with E-state index in [0.29, 0.717) is 18.7 Å². The summed E-state index contributed by atoms with van der Waals surface area (Å²) in [5.74, 6) is -2.85. The number of thiophene rings is 1. The average Bonchev–Trinajstić information content (AvgIpc) is 3.58. The highest BCUT2D eigenvalue weighted by molar-refractivity contribution is 7.89. The minimum atomic E-state index is -5.08. The number of unbranched alkanes of at least 4 members (excludes halogenated alkanes) is 1. The summed E-state index contributed by atoms with van der Waals surface area (Å²) < 4.78 is 57.8. The highest BCUT2D eigenvalue weighted by atomic mass is 32.2. The number of nitrogens with zero attached hydrogens (tertiary/aromatic N) is 1. The number of halogens is 3. The van der Waals surface area contributed by atoms with Crippen molar-refractivity contribution in [2.45, 2.75) is 58.2 Å². The largest absolute Gasteiger partial charge is 0.490 e. The summed E-state index contributed by atoms with van der Waals surface area (Å²) in [7, 11) is -3.16. The normalized spacial score (nSPS) is 15.0. The number of piperidine rings is 1. The minimum Gasteiger partial charge on any atom is -0.475 e. The third kappa shape index (κ3) is 8.31. The van der Waals surface area contributed by atoms with Gasteiger partial charge in [-0.15, -0.1) is 11.3 Å². The number of rotatable bonds is 10. The Morgan fingerprint density at radius 1 is 1.17 bits per heavy atom. The van der Waals surface area contributed by atoms with Crippen molar-refractivity contribution in [1.29, 1.82) is 0 Å². The van der Waals surface area contributed by atoms with Gasteiger partial charge in [0.15, 0.2) is 0 Å². The number of carboxylic acid groups (broad SMARTS) is 1. The van der Waals surface area contributed by atoms with E-state index in [4.69, 9.17) is 15.6 Å². The smallest absolute Gasteiger partial charge is 0.475 e. The lowest BCUT2D eigenvalue weighted by atomic mass is 9.88. The number of fused-ring (bicyclic) bond motifs is 1. The Kier molecular flexibility index (Phi) is 11.0. The number of H-pyrrole nitrogens is 1. The molecular weight excluding hydrogens is 581 g/mol. The topological polar surface area (TPSA) is 146 Å². The number of sulfonamides is 1. The molecule has 5 N–H and O–H groups in total. The van der Waals surface area contributed by atoms with Crippen molar-refractivity contribution in [3.63, 3.8) is 0 Å². The molecule has 0 radical (unpaired) electrons. The zero-order valence-electron chi connectivity index (χ0n) is 22.9. The van der Waals surface area contributed by atoms with Crippen LogP contribution in [-0.4, -0.2) is 66.3 Å². The predicted molar refractivity (Wildman–Crippen MR) is 153 cm³/mol. The van der Waals surface area contributed by atoms with Crippen molar-refractivity contribution in [2.75, 3.05) is 25.4 Å². The van der Waals surface area contributed by atoms with Gasteiger partial charge in [-0.3, -0.25) is 4.79 Å². The molecule has 1 aromatic carbocycles. The van der Waals surface area contributed by atoms with Crippen LogP contribution in [-0.2, 0) is 21.4 Å². The molecule has 1 saturated heterocycles. The van der Waals surface area contributed by atoms with Crippen LogP contribution in [0.3, 0.4) is 0 Å². The van der Waals surface area contributed by atoms with Gasteiger partial charge in [0.05, 0.1) is 16.8 Å². The second kappa shape index (κ2) is 13.8. The van der Waals surface area contributed by atoms with E-state index in [1.807, 2.05) is 12.3 Å². The molecule has 0 aliphatic carbocycles.